The van der Waals surface area contributed by atoms with E-state index in [0.717, 1.165) is 24.0 Å². The summed E-state index contributed by atoms with van der Waals surface area (Å²) in [6, 6.07) is 14.9. The molecule has 0 radical (unpaired) electrons. The van der Waals surface area contributed by atoms with E-state index >= 15 is 0 Å². The van der Waals surface area contributed by atoms with E-state index < -0.39 is 11.9 Å². The van der Waals surface area contributed by atoms with Gasteiger partial charge in [0, 0.05) is 17.2 Å². The first-order valence-corrected chi connectivity index (χ1v) is 8.95. The third-order valence-electron chi connectivity index (χ3n) is 4.98. The Bertz CT molecular complexity index is 798. The Hall–Kier alpha value is -2.82. The standard InChI is InChI=1S/C21H21NO4/c1-13(14-10-11-14)22-19(23)12-25-21(24)20-15-6-2-4-8-17(15)26-18-9-5-3-7-16(18)20/h2-9,13-14,20H,10-12H2,1H3,(H,22,23)/t13-/m1/s1. The van der Waals surface area contributed by atoms with Gasteiger partial charge in [-0.2, -0.15) is 0 Å². The van der Waals surface area contributed by atoms with E-state index in [2.05, 4.69) is 5.32 Å². The highest BCUT2D eigenvalue weighted by Gasteiger charge is 2.34. The molecule has 2 aliphatic rings. The van der Waals surface area contributed by atoms with Crippen LogP contribution in [-0.4, -0.2) is 24.5 Å². The smallest absolute Gasteiger partial charge is 0.318 e. The van der Waals surface area contributed by atoms with Crippen LogP contribution >= 0.6 is 0 Å². The molecule has 1 fully saturated rings. The van der Waals surface area contributed by atoms with Gasteiger partial charge in [0.25, 0.3) is 5.91 Å². The average molecular weight is 351 g/mol. The molecule has 1 N–H and O–H groups in total. The predicted octanol–water partition coefficient (Wildman–Crippen LogP) is 3.38. The number of hydrogen-bond acceptors (Lipinski definition) is 4. The summed E-state index contributed by atoms with van der Waals surface area (Å²) in [5.74, 6) is 0.544. The number of hydrogen-bond donors (Lipinski definition) is 1. The molecule has 134 valence electrons. The lowest BCUT2D eigenvalue weighted by molar-refractivity contribution is -0.149. The Kier molecular flexibility index (Phi) is 4.37. The number of amides is 1. The molecule has 1 heterocycles. The van der Waals surface area contributed by atoms with E-state index in [1.54, 1.807) is 0 Å². The summed E-state index contributed by atoms with van der Waals surface area (Å²) in [5.41, 5.74) is 1.51. The topological polar surface area (TPSA) is 64.6 Å². The van der Waals surface area contributed by atoms with Gasteiger partial charge in [-0.05, 0) is 37.8 Å². The average Bonchev–Trinajstić information content (AvgIpc) is 3.49. The predicted molar refractivity (Wildman–Crippen MR) is 96.1 cm³/mol. The molecular weight excluding hydrogens is 330 g/mol. The molecule has 1 aliphatic carbocycles. The second-order valence-electron chi connectivity index (χ2n) is 6.91. The number of para-hydroxylation sites is 2. The van der Waals surface area contributed by atoms with Crippen LogP contribution in [0.1, 0.15) is 36.8 Å². The van der Waals surface area contributed by atoms with Gasteiger partial charge < -0.3 is 14.8 Å². The van der Waals surface area contributed by atoms with Gasteiger partial charge in [0.1, 0.15) is 17.4 Å². The summed E-state index contributed by atoms with van der Waals surface area (Å²) >= 11 is 0. The van der Waals surface area contributed by atoms with Crippen molar-refractivity contribution in [1.29, 1.82) is 0 Å². The first-order valence-electron chi connectivity index (χ1n) is 8.95. The third kappa shape index (κ3) is 3.29. The zero-order chi connectivity index (χ0) is 18.1. The molecule has 2 aromatic carbocycles. The molecule has 1 amide bonds. The normalized spacial score (nSPS) is 16.7. The molecule has 5 nitrogen and oxygen atoms in total. The van der Waals surface area contributed by atoms with E-state index in [9.17, 15) is 9.59 Å². The van der Waals surface area contributed by atoms with Crippen molar-refractivity contribution in [3.63, 3.8) is 0 Å². The highest BCUT2D eigenvalue weighted by Crippen LogP contribution is 2.44. The summed E-state index contributed by atoms with van der Waals surface area (Å²) in [6.45, 7) is 1.72. The maximum Gasteiger partial charge on any atom is 0.318 e. The van der Waals surface area contributed by atoms with Gasteiger partial charge in [-0.1, -0.05) is 36.4 Å². The zero-order valence-electron chi connectivity index (χ0n) is 14.6. The van der Waals surface area contributed by atoms with Crippen molar-refractivity contribution in [2.75, 3.05) is 6.61 Å². The van der Waals surface area contributed by atoms with E-state index in [-0.39, 0.29) is 18.6 Å². The summed E-state index contributed by atoms with van der Waals surface area (Å²) in [4.78, 5) is 24.9. The Labute approximate surface area is 152 Å². The van der Waals surface area contributed by atoms with Crippen molar-refractivity contribution in [2.24, 2.45) is 5.92 Å². The van der Waals surface area contributed by atoms with Crippen LogP contribution in [0.4, 0.5) is 0 Å². The highest BCUT2D eigenvalue weighted by atomic mass is 16.5. The summed E-state index contributed by atoms with van der Waals surface area (Å²) < 4.78 is 11.2. The van der Waals surface area contributed by atoms with Gasteiger partial charge in [0.2, 0.25) is 0 Å². The lowest BCUT2D eigenvalue weighted by Gasteiger charge is -2.26. The first kappa shape index (κ1) is 16.6. The molecule has 26 heavy (non-hydrogen) atoms. The third-order valence-corrected chi connectivity index (χ3v) is 4.98. The number of ether oxygens (including phenoxy) is 2. The zero-order valence-corrected chi connectivity index (χ0v) is 14.6. The van der Waals surface area contributed by atoms with Crippen LogP contribution in [0.25, 0.3) is 0 Å². The van der Waals surface area contributed by atoms with Gasteiger partial charge in [-0.3, -0.25) is 9.59 Å². The Morgan fingerprint density at radius 2 is 1.65 bits per heavy atom. The molecule has 1 atom stereocenters. The lowest BCUT2D eigenvalue weighted by Crippen LogP contribution is -2.37. The maximum atomic E-state index is 12.8. The fourth-order valence-electron chi connectivity index (χ4n) is 3.39. The van der Waals surface area contributed by atoms with Crippen molar-refractivity contribution in [3.05, 3.63) is 59.7 Å². The number of nitrogens with one attached hydrogen (secondary N) is 1. The molecule has 1 aliphatic heterocycles. The maximum absolute atomic E-state index is 12.8. The van der Waals surface area contributed by atoms with Gasteiger partial charge in [-0.25, -0.2) is 0 Å². The molecule has 0 aromatic heterocycles. The largest absolute Gasteiger partial charge is 0.457 e. The molecule has 4 rings (SSSR count). The number of carbonyl (C=O) groups excluding carboxylic acids is 2. The lowest BCUT2D eigenvalue weighted by atomic mass is 9.88. The Morgan fingerprint density at radius 3 is 2.23 bits per heavy atom. The monoisotopic (exact) mass is 351 g/mol. The Morgan fingerprint density at radius 1 is 1.08 bits per heavy atom. The SMILES string of the molecule is C[C@@H](NC(=O)COC(=O)C1c2ccccc2Oc2ccccc21)C1CC1. The fraction of sp³-hybridized carbons (Fsp3) is 0.333. The van der Waals surface area contributed by atoms with E-state index in [1.165, 1.54) is 0 Å². The minimum absolute atomic E-state index is 0.130. The number of fused-ring (bicyclic) bond motifs is 2. The highest BCUT2D eigenvalue weighted by molar-refractivity contribution is 5.87. The molecule has 2 aromatic rings. The minimum Gasteiger partial charge on any atom is -0.457 e. The number of carbonyl (C=O) groups is 2. The molecule has 0 unspecified atom stereocenters. The van der Waals surface area contributed by atoms with Gasteiger partial charge >= 0.3 is 5.97 Å². The van der Waals surface area contributed by atoms with Crippen molar-refractivity contribution in [1.82, 2.24) is 5.32 Å². The summed E-state index contributed by atoms with van der Waals surface area (Å²) in [6.07, 6.45) is 2.30. The minimum atomic E-state index is -0.593. The van der Waals surface area contributed by atoms with Gasteiger partial charge in [0.05, 0.1) is 0 Å². The van der Waals surface area contributed by atoms with Crippen LogP contribution in [0.15, 0.2) is 48.5 Å². The molecule has 0 spiro atoms. The second-order valence-corrected chi connectivity index (χ2v) is 6.91. The van der Waals surface area contributed by atoms with Crippen molar-refractivity contribution in [3.8, 4) is 11.5 Å². The molecule has 5 heteroatoms. The molecule has 0 saturated heterocycles. The number of benzene rings is 2. The van der Waals surface area contributed by atoms with E-state index in [4.69, 9.17) is 9.47 Å². The van der Waals surface area contributed by atoms with E-state index in [1.807, 2.05) is 55.5 Å². The summed E-state index contributed by atoms with van der Waals surface area (Å²) in [5, 5.41) is 2.90. The molecule has 1 saturated carbocycles. The van der Waals surface area contributed by atoms with Crippen LogP contribution in [0.5, 0.6) is 11.5 Å². The van der Waals surface area contributed by atoms with Gasteiger partial charge in [-0.15, -0.1) is 0 Å². The van der Waals surface area contributed by atoms with Gasteiger partial charge in [0.15, 0.2) is 6.61 Å². The summed E-state index contributed by atoms with van der Waals surface area (Å²) in [7, 11) is 0. The van der Waals surface area contributed by atoms with Crippen molar-refractivity contribution < 1.29 is 19.1 Å². The van der Waals surface area contributed by atoms with E-state index in [0.29, 0.717) is 17.4 Å². The molecular formula is C21H21NO4. The van der Waals surface area contributed by atoms with Crippen molar-refractivity contribution >= 4 is 11.9 Å². The van der Waals surface area contributed by atoms with Crippen LogP contribution in [-0.2, 0) is 14.3 Å². The van der Waals surface area contributed by atoms with Crippen molar-refractivity contribution in [2.45, 2.75) is 31.7 Å². The Balaban J connectivity index is 1.49. The first-order chi connectivity index (χ1) is 12.6. The second kappa shape index (κ2) is 6.83. The van der Waals surface area contributed by atoms with Crippen LogP contribution in [0.2, 0.25) is 0 Å². The quantitative estimate of drug-likeness (QED) is 0.839. The van der Waals surface area contributed by atoms with Crippen LogP contribution in [0.3, 0.4) is 0 Å². The number of esters is 1. The number of rotatable bonds is 5. The fourth-order valence-corrected chi connectivity index (χ4v) is 3.39. The molecule has 0 bridgehead atoms. The van der Waals surface area contributed by atoms with Crippen LogP contribution in [0, 0.1) is 5.92 Å². The van der Waals surface area contributed by atoms with Crippen LogP contribution < -0.4 is 10.1 Å².